The van der Waals surface area contributed by atoms with Crippen LogP contribution < -0.4 is 21.2 Å². The van der Waals surface area contributed by atoms with Crippen LogP contribution in [-0.2, 0) is 0 Å². The SMILES string of the molecule is c1ccc(C(=NNc2ccc(-c3ccc(N(c4ccc(-c5ccc(NN=C(c6ccccc6)c6ccccc6)c6ccccc56)cc4)c4ccc(-c5ccc(NN=C(c6ccccc6)c6ccccc6)c6ccccc56)cc4)cc3)c3ccccc23)c2ccccc2)cc1. The summed E-state index contributed by atoms with van der Waals surface area (Å²) >= 11 is 0. The predicted molar refractivity (Wildman–Crippen MR) is 396 cm³/mol. The molecule has 0 atom stereocenters. The van der Waals surface area contributed by atoms with E-state index in [1.165, 1.54) is 0 Å². The molecule has 0 fully saturated rings. The standard InChI is InChI=1S/C87H63N7/c1-7-25-64(26-8-1)85(65-27-9-2-10-28-65)91-88-82-58-55-73(76-37-19-22-40-79(76)82)61-43-49-70(50-44-61)94(71-51-45-62(46-52-71)74-56-59-83(80-41-23-20-38-77(74)80)89-92-86(66-29-11-3-12-30-66)67-31-13-4-14-32-67)72-53-47-63(48-54-72)75-57-60-84(81-42-24-21-39-78(75)81)90-93-87(68-33-15-5-16-34-68)69-35-17-6-18-36-69/h1-60,88-90H. The average molecular weight is 1210 g/mol. The van der Waals surface area contributed by atoms with E-state index in [0.717, 1.165) is 150 Å². The molecule has 15 aromatic carbocycles. The van der Waals surface area contributed by atoms with Crippen LogP contribution in [0.5, 0.6) is 0 Å². The van der Waals surface area contributed by atoms with Crippen LogP contribution in [0.4, 0.5) is 34.1 Å². The van der Waals surface area contributed by atoms with E-state index >= 15 is 0 Å². The topological polar surface area (TPSA) is 76.4 Å². The Labute approximate surface area is 547 Å². The van der Waals surface area contributed by atoms with Gasteiger partial charge in [-0.3, -0.25) is 16.3 Å². The minimum atomic E-state index is 0.872. The Morgan fingerprint density at radius 2 is 0.394 bits per heavy atom. The zero-order valence-corrected chi connectivity index (χ0v) is 51.4. The Bertz CT molecular complexity index is 4560. The van der Waals surface area contributed by atoms with Crippen LogP contribution in [0.3, 0.4) is 0 Å². The summed E-state index contributed by atoms with van der Waals surface area (Å²) in [5.74, 6) is 0. The van der Waals surface area contributed by atoms with Crippen molar-refractivity contribution < 1.29 is 0 Å². The van der Waals surface area contributed by atoms with Crippen molar-refractivity contribution in [2.75, 3.05) is 21.2 Å². The summed E-state index contributed by atoms with van der Waals surface area (Å²) in [5, 5.41) is 21.8. The lowest BCUT2D eigenvalue weighted by atomic mass is 9.96. The number of rotatable bonds is 18. The summed E-state index contributed by atoms with van der Waals surface area (Å²) in [5.41, 5.74) is 31.8. The van der Waals surface area contributed by atoms with Crippen molar-refractivity contribution in [3.8, 4) is 33.4 Å². The molecule has 7 nitrogen and oxygen atoms in total. The predicted octanol–water partition coefficient (Wildman–Crippen LogP) is 22.2. The fraction of sp³-hybridized carbons (Fsp3) is 0. The van der Waals surface area contributed by atoms with E-state index in [9.17, 15) is 0 Å². The highest BCUT2D eigenvalue weighted by molar-refractivity contribution is 6.16. The second kappa shape index (κ2) is 26.8. The van der Waals surface area contributed by atoms with Crippen molar-refractivity contribution in [1.29, 1.82) is 0 Å². The molecule has 15 aromatic rings. The molecule has 94 heavy (non-hydrogen) atoms. The fourth-order valence-corrected chi connectivity index (χ4v) is 12.6. The van der Waals surface area contributed by atoms with E-state index in [1.54, 1.807) is 0 Å². The number of hydrogen-bond acceptors (Lipinski definition) is 7. The van der Waals surface area contributed by atoms with Crippen LogP contribution in [0.1, 0.15) is 33.4 Å². The largest absolute Gasteiger partial charge is 0.311 e. The van der Waals surface area contributed by atoms with Gasteiger partial charge in [0.05, 0.1) is 34.2 Å². The van der Waals surface area contributed by atoms with Crippen molar-refractivity contribution in [1.82, 2.24) is 0 Å². The minimum Gasteiger partial charge on any atom is -0.311 e. The molecule has 7 heteroatoms. The van der Waals surface area contributed by atoms with Gasteiger partial charge in [0.1, 0.15) is 0 Å². The van der Waals surface area contributed by atoms with Crippen LogP contribution in [-0.4, -0.2) is 17.1 Å². The highest BCUT2D eigenvalue weighted by atomic mass is 15.3. The van der Waals surface area contributed by atoms with E-state index in [0.29, 0.717) is 0 Å². The van der Waals surface area contributed by atoms with E-state index < -0.39 is 0 Å². The number of nitrogens with zero attached hydrogens (tertiary/aromatic N) is 4. The molecule has 0 saturated carbocycles. The Morgan fingerprint density at radius 3 is 0.617 bits per heavy atom. The molecule has 0 aliphatic carbocycles. The van der Waals surface area contributed by atoms with Crippen LogP contribution in [0.25, 0.3) is 65.7 Å². The first kappa shape index (κ1) is 57.7. The molecule has 0 amide bonds. The Kier molecular flexibility index (Phi) is 16.4. The maximum Gasteiger partial charge on any atom is 0.0977 e. The number of fused-ring (bicyclic) bond motifs is 3. The van der Waals surface area contributed by atoms with Gasteiger partial charge < -0.3 is 4.90 Å². The van der Waals surface area contributed by atoms with E-state index in [1.807, 2.05) is 109 Å². The van der Waals surface area contributed by atoms with Gasteiger partial charge in [0, 0.05) is 66.6 Å². The van der Waals surface area contributed by atoms with Gasteiger partial charge in [0.25, 0.3) is 0 Å². The van der Waals surface area contributed by atoms with Gasteiger partial charge in [-0.25, -0.2) is 0 Å². The molecule has 0 aliphatic rings. The number of hydrazone groups is 3. The van der Waals surface area contributed by atoms with E-state index in [-0.39, 0.29) is 0 Å². The Hall–Kier alpha value is -12.7. The molecular formula is C87H63N7. The molecule has 0 saturated heterocycles. The second-order valence-corrected chi connectivity index (χ2v) is 23.0. The van der Waals surface area contributed by atoms with Gasteiger partial charge in [-0.1, -0.05) is 309 Å². The first-order chi connectivity index (χ1) is 46.6. The monoisotopic (exact) mass is 1210 g/mol. The lowest BCUT2D eigenvalue weighted by molar-refractivity contribution is 1.28. The normalized spacial score (nSPS) is 11.0. The van der Waals surface area contributed by atoms with Crippen molar-refractivity contribution in [2.24, 2.45) is 15.3 Å². The molecule has 446 valence electrons. The van der Waals surface area contributed by atoms with Gasteiger partial charge in [0.2, 0.25) is 0 Å². The molecule has 0 aliphatic heterocycles. The van der Waals surface area contributed by atoms with Gasteiger partial charge in [-0.15, -0.1) is 0 Å². The summed E-state index contributed by atoms with van der Waals surface area (Å²) in [4.78, 5) is 2.35. The molecule has 3 N–H and O–H groups in total. The Morgan fingerprint density at radius 1 is 0.191 bits per heavy atom. The highest BCUT2D eigenvalue weighted by Gasteiger charge is 2.19. The van der Waals surface area contributed by atoms with E-state index in [4.69, 9.17) is 15.3 Å². The number of anilines is 6. The summed E-state index contributed by atoms with van der Waals surface area (Å²) < 4.78 is 0. The molecule has 0 unspecified atom stereocenters. The molecule has 0 heterocycles. The summed E-state index contributed by atoms with van der Waals surface area (Å²) in [6.07, 6.45) is 0. The van der Waals surface area contributed by atoms with Crippen LogP contribution in [0.2, 0.25) is 0 Å². The molecule has 15 rings (SSSR count). The maximum atomic E-state index is 5.06. The first-order valence-electron chi connectivity index (χ1n) is 31.7. The Balaban J connectivity index is 0.773. The molecule has 0 bridgehead atoms. The lowest BCUT2D eigenvalue weighted by Gasteiger charge is -2.26. The molecule has 0 aromatic heterocycles. The summed E-state index contributed by atoms with van der Waals surface area (Å²) in [7, 11) is 0. The van der Waals surface area contributed by atoms with Gasteiger partial charge in [-0.2, -0.15) is 15.3 Å². The highest BCUT2D eigenvalue weighted by Crippen LogP contribution is 2.42. The van der Waals surface area contributed by atoms with Crippen LogP contribution in [0.15, 0.2) is 379 Å². The number of hydrogen-bond donors (Lipinski definition) is 3. The third-order valence-corrected chi connectivity index (χ3v) is 17.2. The third kappa shape index (κ3) is 12.1. The number of nitrogens with one attached hydrogen (secondary N) is 3. The lowest BCUT2D eigenvalue weighted by Crippen LogP contribution is -2.09. The van der Waals surface area contributed by atoms with Crippen LogP contribution >= 0.6 is 0 Å². The second-order valence-electron chi connectivity index (χ2n) is 23.0. The van der Waals surface area contributed by atoms with Crippen LogP contribution in [0, 0.1) is 0 Å². The van der Waals surface area contributed by atoms with Crippen molar-refractivity contribution in [2.45, 2.75) is 0 Å². The first-order valence-corrected chi connectivity index (χ1v) is 31.7. The molecular weight excluding hydrogens is 1140 g/mol. The zero-order chi connectivity index (χ0) is 62.8. The van der Waals surface area contributed by atoms with Gasteiger partial charge >= 0.3 is 0 Å². The smallest absolute Gasteiger partial charge is 0.0977 e. The average Bonchev–Trinajstić information content (AvgIpc) is 0.806. The molecule has 0 radical (unpaired) electrons. The number of benzene rings is 15. The van der Waals surface area contributed by atoms with Gasteiger partial charge in [0.15, 0.2) is 0 Å². The summed E-state index contributed by atoms with van der Waals surface area (Å²) in [6, 6.07) is 128. The fourth-order valence-electron chi connectivity index (χ4n) is 12.6. The maximum absolute atomic E-state index is 5.06. The third-order valence-electron chi connectivity index (χ3n) is 17.2. The van der Waals surface area contributed by atoms with Gasteiger partial charge in [-0.05, 0) is 104 Å². The molecule has 0 spiro atoms. The zero-order valence-electron chi connectivity index (χ0n) is 51.4. The van der Waals surface area contributed by atoms with E-state index in [2.05, 4.69) is 276 Å². The quantitative estimate of drug-likeness (QED) is 0.0591. The minimum absolute atomic E-state index is 0.872. The van der Waals surface area contributed by atoms with Crippen molar-refractivity contribution >= 4 is 83.6 Å². The summed E-state index contributed by atoms with van der Waals surface area (Å²) in [6.45, 7) is 0. The van der Waals surface area contributed by atoms with Crippen molar-refractivity contribution in [3.63, 3.8) is 0 Å². The van der Waals surface area contributed by atoms with Crippen molar-refractivity contribution in [3.05, 3.63) is 397 Å².